The van der Waals surface area contributed by atoms with E-state index >= 15 is 0 Å². The van der Waals surface area contributed by atoms with Crippen LogP contribution in [0.3, 0.4) is 0 Å². The minimum Gasteiger partial charge on any atom is -0.341 e. The molecule has 1 aromatic carbocycles. The summed E-state index contributed by atoms with van der Waals surface area (Å²) in [6, 6.07) is 8.31. The summed E-state index contributed by atoms with van der Waals surface area (Å²) >= 11 is 0. The Kier molecular flexibility index (Phi) is 4.30. The maximum absolute atomic E-state index is 13.1. The fourth-order valence-electron chi connectivity index (χ4n) is 3.70. The zero-order valence-corrected chi connectivity index (χ0v) is 15.7. The molecule has 2 aromatic heterocycles. The highest BCUT2D eigenvalue weighted by atomic mass is 19.1. The zero-order chi connectivity index (χ0) is 19.1. The van der Waals surface area contributed by atoms with Crippen molar-refractivity contribution in [2.45, 2.75) is 33.2 Å². The van der Waals surface area contributed by atoms with E-state index in [-0.39, 0.29) is 17.8 Å². The average Bonchev–Trinajstić information content (AvgIpc) is 3.33. The number of nitrogens with zero attached hydrogens (tertiary/aromatic N) is 4. The van der Waals surface area contributed by atoms with E-state index in [0.29, 0.717) is 30.3 Å². The second-order valence-electron chi connectivity index (χ2n) is 7.13. The summed E-state index contributed by atoms with van der Waals surface area (Å²) in [5.74, 6) is 0.192. The Morgan fingerprint density at radius 1 is 1.22 bits per heavy atom. The van der Waals surface area contributed by atoms with Gasteiger partial charge in [0.2, 0.25) is 0 Å². The highest BCUT2D eigenvalue weighted by molar-refractivity contribution is 5.94. The number of aryl methyl sites for hydroxylation is 3. The molecule has 1 fully saturated rings. The predicted molar refractivity (Wildman–Crippen MR) is 100.0 cm³/mol. The number of H-pyrrole nitrogens is 1. The van der Waals surface area contributed by atoms with Crippen molar-refractivity contribution in [3.05, 3.63) is 58.9 Å². The normalized spacial score (nSPS) is 16.9. The Bertz CT molecular complexity index is 988. The van der Waals surface area contributed by atoms with Crippen molar-refractivity contribution in [1.82, 2.24) is 24.6 Å². The van der Waals surface area contributed by atoms with Crippen LogP contribution in [0.15, 0.2) is 30.3 Å². The van der Waals surface area contributed by atoms with E-state index in [9.17, 15) is 9.18 Å². The number of likely N-dealkylation sites (tertiary alicyclic amines) is 1. The summed E-state index contributed by atoms with van der Waals surface area (Å²) < 4.78 is 15.1. The molecule has 1 atom stereocenters. The second kappa shape index (κ2) is 6.64. The van der Waals surface area contributed by atoms with Crippen LogP contribution in [0.1, 0.15) is 40.0 Å². The lowest BCUT2D eigenvalue weighted by molar-refractivity contribution is 0.0781. The second-order valence-corrected chi connectivity index (χ2v) is 7.13. The van der Waals surface area contributed by atoms with Crippen molar-refractivity contribution < 1.29 is 9.18 Å². The Hall–Kier alpha value is -2.96. The van der Waals surface area contributed by atoms with Crippen molar-refractivity contribution in [2.24, 2.45) is 0 Å². The van der Waals surface area contributed by atoms with Crippen LogP contribution in [-0.2, 0) is 0 Å². The van der Waals surface area contributed by atoms with Crippen molar-refractivity contribution in [3.63, 3.8) is 0 Å². The Morgan fingerprint density at radius 3 is 2.63 bits per heavy atom. The van der Waals surface area contributed by atoms with Gasteiger partial charge in [0.1, 0.15) is 17.3 Å². The first-order chi connectivity index (χ1) is 12.9. The van der Waals surface area contributed by atoms with Gasteiger partial charge >= 0.3 is 0 Å². The first-order valence-corrected chi connectivity index (χ1v) is 9.07. The molecule has 1 aliphatic rings. The topological polar surface area (TPSA) is 66.8 Å². The summed E-state index contributed by atoms with van der Waals surface area (Å²) in [6.07, 6.45) is 0.877. The van der Waals surface area contributed by atoms with Crippen molar-refractivity contribution in [1.29, 1.82) is 0 Å². The quantitative estimate of drug-likeness (QED) is 0.771. The number of carbonyl (C=O) groups excluding carboxylic acids is 1. The molecule has 1 unspecified atom stereocenters. The molecule has 3 heterocycles. The molecule has 1 saturated heterocycles. The van der Waals surface area contributed by atoms with Gasteiger partial charge in [-0.2, -0.15) is 5.10 Å². The molecule has 1 aliphatic heterocycles. The van der Waals surface area contributed by atoms with E-state index < -0.39 is 0 Å². The van der Waals surface area contributed by atoms with Crippen LogP contribution < -0.4 is 0 Å². The lowest BCUT2D eigenvalue weighted by Gasteiger charge is -2.16. The molecule has 1 N–H and O–H groups in total. The number of carbonyl (C=O) groups is 1. The first kappa shape index (κ1) is 17.5. The van der Waals surface area contributed by atoms with Gasteiger partial charge in [0, 0.05) is 30.0 Å². The molecule has 0 bridgehead atoms. The monoisotopic (exact) mass is 367 g/mol. The number of imidazole rings is 1. The molecule has 7 heteroatoms. The van der Waals surface area contributed by atoms with Gasteiger partial charge in [0.05, 0.1) is 11.7 Å². The zero-order valence-electron chi connectivity index (χ0n) is 15.7. The minimum atomic E-state index is -0.300. The number of aromatic amines is 1. The summed E-state index contributed by atoms with van der Waals surface area (Å²) in [5, 5.41) is 4.55. The fourth-order valence-corrected chi connectivity index (χ4v) is 3.70. The predicted octanol–water partition coefficient (Wildman–Crippen LogP) is 3.42. The van der Waals surface area contributed by atoms with Crippen LogP contribution in [0.5, 0.6) is 0 Å². The molecule has 0 saturated carbocycles. The fraction of sp³-hybridized carbons (Fsp3) is 0.350. The Labute approximate surface area is 157 Å². The standard InChI is InChI=1S/C20H22FN5O/c1-12-10-13(2)26(24-12)17-8-9-25(11-17)20(27)18-14(3)22-19(23-18)15-4-6-16(21)7-5-15/h4-7,10,17H,8-9,11H2,1-3H3,(H,22,23). The summed E-state index contributed by atoms with van der Waals surface area (Å²) in [4.78, 5) is 22.4. The van der Waals surface area contributed by atoms with E-state index in [1.807, 2.05) is 30.4 Å². The molecule has 3 aromatic rings. The van der Waals surface area contributed by atoms with Gasteiger partial charge in [0.25, 0.3) is 5.91 Å². The third-order valence-electron chi connectivity index (χ3n) is 5.05. The summed E-state index contributed by atoms with van der Waals surface area (Å²) in [7, 11) is 0. The van der Waals surface area contributed by atoms with Crippen molar-refractivity contribution >= 4 is 5.91 Å². The smallest absolute Gasteiger partial charge is 0.274 e. The lowest BCUT2D eigenvalue weighted by Crippen LogP contribution is -2.30. The molecule has 4 rings (SSSR count). The van der Waals surface area contributed by atoms with E-state index in [0.717, 1.165) is 23.4 Å². The van der Waals surface area contributed by atoms with Crippen LogP contribution in [-0.4, -0.2) is 43.6 Å². The maximum Gasteiger partial charge on any atom is 0.274 e. The van der Waals surface area contributed by atoms with Gasteiger partial charge < -0.3 is 9.88 Å². The molecule has 140 valence electrons. The minimum absolute atomic E-state index is 0.0823. The number of hydrogen-bond acceptors (Lipinski definition) is 3. The van der Waals surface area contributed by atoms with Gasteiger partial charge in [-0.25, -0.2) is 9.37 Å². The van der Waals surface area contributed by atoms with Gasteiger partial charge in [-0.05, 0) is 57.5 Å². The SMILES string of the molecule is Cc1cc(C)n(C2CCN(C(=O)c3nc(-c4ccc(F)cc4)[nH]c3C)C2)n1. The van der Waals surface area contributed by atoms with E-state index in [2.05, 4.69) is 21.1 Å². The van der Waals surface area contributed by atoms with Gasteiger partial charge in [-0.3, -0.25) is 9.48 Å². The van der Waals surface area contributed by atoms with Gasteiger partial charge in [-0.1, -0.05) is 0 Å². The van der Waals surface area contributed by atoms with E-state index in [4.69, 9.17) is 0 Å². The van der Waals surface area contributed by atoms with Crippen molar-refractivity contribution in [2.75, 3.05) is 13.1 Å². The van der Waals surface area contributed by atoms with Crippen LogP contribution >= 0.6 is 0 Å². The van der Waals surface area contributed by atoms with Crippen LogP contribution in [0, 0.1) is 26.6 Å². The highest BCUT2D eigenvalue weighted by Gasteiger charge is 2.31. The van der Waals surface area contributed by atoms with E-state index in [1.165, 1.54) is 12.1 Å². The number of amides is 1. The summed E-state index contributed by atoms with van der Waals surface area (Å²) in [6.45, 7) is 7.16. The van der Waals surface area contributed by atoms with Crippen molar-refractivity contribution in [3.8, 4) is 11.4 Å². The molecule has 0 radical (unpaired) electrons. The molecular weight excluding hydrogens is 345 g/mol. The molecule has 27 heavy (non-hydrogen) atoms. The third-order valence-corrected chi connectivity index (χ3v) is 5.05. The van der Waals surface area contributed by atoms with Crippen LogP contribution in [0.2, 0.25) is 0 Å². The number of hydrogen-bond donors (Lipinski definition) is 1. The number of aromatic nitrogens is 4. The maximum atomic E-state index is 13.1. The Balaban J connectivity index is 1.53. The first-order valence-electron chi connectivity index (χ1n) is 9.07. The lowest BCUT2D eigenvalue weighted by atomic mass is 10.2. The Morgan fingerprint density at radius 2 is 1.96 bits per heavy atom. The van der Waals surface area contributed by atoms with E-state index in [1.54, 1.807) is 12.1 Å². The average molecular weight is 367 g/mol. The molecule has 1 amide bonds. The number of nitrogens with one attached hydrogen (secondary N) is 1. The molecule has 0 spiro atoms. The van der Waals surface area contributed by atoms with Crippen LogP contribution in [0.4, 0.5) is 4.39 Å². The van der Waals surface area contributed by atoms with Crippen LogP contribution in [0.25, 0.3) is 11.4 Å². The number of halogens is 1. The number of benzene rings is 1. The van der Waals surface area contributed by atoms with Gasteiger partial charge in [-0.15, -0.1) is 0 Å². The molecule has 0 aliphatic carbocycles. The molecule has 6 nitrogen and oxygen atoms in total. The molecular formula is C20H22FN5O. The summed E-state index contributed by atoms with van der Waals surface area (Å²) in [5.41, 5.74) is 3.99. The highest BCUT2D eigenvalue weighted by Crippen LogP contribution is 2.26. The largest absolute Gasteiger partial charge is 0.341 e. The number of rotatable bonds is 3. The van der Waals surface area contributed by atoms with Gasteiger partial charge in [0.15, 0.2) is 0 Å². The third kappa shape index (κ3) is 3.25.